The fraction of sp³-hybridized carbons (Fsp3) is 0. The Kier molecular flexibility index (Phi) is 4.85. The van der Waals surface area contributed by atoms with Gasteiger partial charge in [0, 0.05) is 34.6 Å². The first-order chi connectivity index (χ1) is 13.7. The maximum atomic E-state index is 6.11. The van der Waals surface area contributed by atoms with Crippen LogP contribution < -0.4 is 20.9 Å². The van der Waals surface area contributed by atoms with Crippen LogP contribution >= 0.6 is 0 Å². The molecule has 0 fully saturated rings. The van der Waals surface area contributed by atoms with E-state index in [-0.39, 0.29) is 0 Å². The Morgan fingerprint density at radius 3 is 1.32 bits per heavy atom. The second kappa shape index (κ2) is 7.76. The largest absolute Gasteiger partial charge is 0.457 e. The number of ether oxygens (including phenoxy) is 2. The molecule has 0 aliphatic rings. The summed E-state index contributed by atoms with van der Waals surface area (Å²) in [5.41, 5.74) is 14.9. The summed E-state index contributed by atoms with van der Waals surface area (Å²) in [7, 11) is 0. The van der Waals surface area contributed by atoms with Gasteiger partial charge >= 0.3 is 0 Å². The summed E-state index contributed by atoms with van der Waals surface area (Å²) >= 11 is 0. The van der Waals surface area contributed by atoms with Crippen molar-refractivity contribution in [3.8, 4) is 34.1 Å². The molecule has 0 heterocycles. The predicted molar refractivity (Wildman–Crippen MR) is 114 cm³/mol. The second-order valence-electron chi connectivity index (χ2n) is 6.34. The highest BCUT2D eigenvalue weighted by atomic mass is 16.5. The van der Waals surface area contributed by atoms with Crippen molar-refractivity contribution in [3.05, 3.63) is 97.1 Å². The van der Waals surface area contributed by atoms with Crippen molar-refractivity contribution < 1.29 is 9.47 Å². The highest BCUT2D eigenvalue weighted by Gasteiger charge is 2.13. The van der Waals surface area contributed by atoms with Gasteiger partial charge in [0.25, 0.3) is 0 Å². The van der Waals surface area contributed by atoms with Gasteiger partial charge in [0.2, 0.25) is 0 Å². The number of rotatable bonds is 5. The van der Waals surface area contributed by atoms with Crippen molar-refractivity contribution in [2.24, 2.45) is 0 Å². The maximum absolute atomic E-state index is 6.11. The van der Waals surface area contributed by atoms with Crippen LogP contribution in [-0.2, 0) is 0 Å². The first-order valence-corrected chi connectivity index (χ1v) is 8.94. The highest BCUT2D eigenvalue weighted by Crippen LogP contribution is 2.40. The van der Waals surface area contributed by atoms with Crippen molar-refractivity contribution in [2.45, 2.75) is 0 Å². The van der Waals surface area contributed by atoms with E-state index >= 15 is 0 Å². The van der Waals surface area contributed by atoms with E-state index in [0.717, 1.165) is 22.6 Å². The van der Waals surface area contributed by atoms with Crippen molar-refractivity contribution >= 4 is 11.4 Å². The Balaban J connectivity index is 1.72. The lowest BCUT2D eigenvalue weighted by Gasteiger charge is -2.15. The number of anilines is 2. The topological polar surface area (TPSA) is 70.5 Å². The third-order valence-electron chi connectivity index (χ3n) is 4.24. The molecule has 4 nitrogen and oxygen atoms in total. The quantitative estimate of drug-likeness (QED) is 0.417. The van der Waals surface area contributed by atoms with Crippen LogP contribution in [0.25, 0.3) is 11.1 Å². The van der Waals surface area contributed by atoms with E-state index in [1.807, 2.05) is 84.9 Å². The summed E-state index contributed by atoms with van der Waals surface area (Å²) in [5.74, 6) is 2.80. The monoisotopic (exact) mass is 368 g/mol. The summed E-state index contributed by atoms with van der Waals surface area (Å²) < 4.78 is 12.2. The van der Waals surface area contributed by atoms with Gasteiger partial charge in [-0.2, -0.15) is 0 Å². The third-order valence-corrected chi connectivity index (χ3v) is 4.24. The molecule has 0 aliphatic heterocycles. The number of nitrogen functional groups attached to an aromatic ring is 2. The zero-order valence-electron chi connectivity index (χ0n) is 15.2. The Labute approximate surface area is 164 Å². The minimum absolute atomic E-state index is 0.653. The summed E-state index contributed by atoms with van der Waals surface area (Å²) in [4.78, 5) is 0. The highest BCUT2D eigenvalue weighted by molar-refractivity contribution is 5.76. The summed E-state index contributed by atoms with van der Waals surface area (Å²) in [6, 6.07) is 30.4. The summed E-state index contributed by atoms with van der Waals surface area (Å²) in [6.45, 7) is 0. The SMILES string of the molecule is Nc1cccc(Oc2ccccc2-c2ccccc2Oc2cccc(N)c2)c1. The number of nitrogens with two attached hydrogens (primary N) is 2. The van der Waals surface area contributed by atoms with Gasteiger partial charge in [0.15, 0.2) is 0 Å². The van der Waals surface area contributed by atoms with E-state index in [4.69, 9.17) is 20.9 Å². The molecule has 4 heteroatoms. The molecule has 0 bridgehead atoms. The van der Waals surface area contributed by atoms with Crippen molar-refractivity contribution in [1.29, 1.82) is 0 Å². The Hall–Kier alpha value is -3.92. The van der Waals surface area contributed by atoms with E-state index in [2.05, 4.69) is 0 Å². The molecule has 0 atom stereocenters. The molecule has 0 unspecified atom stereocenters. The lowest BCUT2D eigenvalue weighted by molar-refractivity contribution is 0.477. The van der Waals surface area contributed by atoms with Crippen LogP contribution in [0.5, 0.6) is 23.0 Å². The molecule has 138 valence electrons. The second-order valence-corrected chi connectivity index (χ2v) is 6.34. The Morgan fingerprint density at radius 2 is 0.893 bits per heavy atom. The molecular weight excluding hydrogens is 348 g/mol. The number of benzene rings is 4. The van der Waals surface area contributed by atoms with Gasteiger partial charge in [-0.25, -0.2) is 0 Å². The Bertz CT molecular complexity index is 1020. The van der Waals surface area contributed by atoms with Gasteiger partial charge in [-0.05, 0) is 36.4 Å². The van der Waals surface area contributed by atoms with Gasteiger partial charge in [-0.1, -0.05) is 48.5 Å². The van der Waals surface area contributed by atoms with Crippen LogP contribution in [-0.4, -0.2) is 0 Å². The standard InChI is InChI=1S/C24H20N2O2/c25-17-7-5-9-19(15-17)27-23-13-3-1-11-21(23)22-12-2-4-14-24(22)28-20-10-6-8-18(26)16-20/h1-16H,25-26H2. The molecule has 4 rings (SSSR count). The summed E-state index contributed by atoms with van der Waals surface area (Å²) in [6.07, 6.45) is 0. The van der Waals surface area contributed by atoms with Gasteiger partial charge in [0.1, 0.15) is 23.0 Å². The molecule has 4 aromatic carbocycles. The predicted octanol–water partition coefficient (Wildman–Crippen LogP) is 6.10. The Morgan fingerprint density at radius 1 is 0.464 bits per heavy atom. The minimum atomic E-state index is 0.653. The number of hydrogen-bond acceptors (Lipinski definition) is 4. The minimum Gasteiger partial charge on any atom is -0.457 e. The zero-order valence-corrected chi connectivity index (χ0v) is 15.2. The van der Waals surface area contributed by atoms with Gasteiger partial charge in [-0.3, -0.25) is 0 Å². The van der Waals surface area contributed by atoms with Crippen molar-refractivity contribution in [3.63, 3.8) is 0 Å². The number of para-hydroxylation sites is 2. The van der Waals surface area contributed by atoms with Crippen LogP contribution in [0.1, 0.15) is 0 Å². The van der Waals surface area contributed by atoms with E-state index < -0.39 is 0 Å². The third kappa shape index (κ3) is 3.91. The van der Waals surface area contributed by atoms with E-state index in [0.29, 0.717) is 22.9 Å². The molecule has 0 aliphatic carbocycles. The molecule has 0 amide bonds. The molecule has 0 saturated carbocycles. The van der Waals surface area contributed by atoms with E-state index in [9.17, 15) is 0 Å². The van der Waals surface area contributed by atoms with Crippen LogP contribution in [0.15, 0.2) is 97.1 Å². The first-order valence-electron chi connectivity index (χ1n) is 8.94. The van der Waals surface area contributed by atoms with Crippen molar-refractivity contribution in [2.75, 3.05) is 11.5 Å². The smallest absolute Gasteiger partial charge is 0.135 e. The average Bonchev–Trinajstić information content (AvgIpc) is 2.69. The lowest BCUT2D eigenvalue weighted by Crippen LogP contribution is -1.93. The zero-order chi connectivity index (χ0) is 19.3. The first kappa shape index (κ1) is 17.5. The summed E-state index contributed by atoms with van der Waals surface area (Å²) in [5, 5.41) is 0. The fourth-order valence-electron chi connectivity index (χ4n) is 2.97. The molecular formula is C24H20N2O2. The fourth-order valence-corrected chi connectivity index (χ4v) is 2.97. The maximum Gasteiger partial charge on any atom is 0.135 e. The lowest BCUT2D eigenvalue weighted by atomic mass is 10.0. The van der Waals surface area contributed by atoms with Crippen LogP contribution in [0.3, 0.4) is 0 Å². The van der Waals surface area contributed by atoms with Crippen molar-refractivity contribution in [1.82, 2.24) is 0 Å². The molecule has 28 heavy (non-hydrogen) atoms. The van der Waals surface area contributed by atoms with Gasteiger partial charge in [0.05, 0.1) is 0 Å². The van der Waals surface area contributed by atoms with E-state index in [1.165, 1.54) is 0 Å². The molecule has 0 radical (unpaired) electrons. The van der Waals surface area contributed by atoms with Gasteiger partial charge < -0.3 is 20.9 Å². The molecule has 4 N–H and O–H groups in total. The van der Waals surface area contributed by atoms with Gasteiger partial charge in [-0.15, -0.1) is 0 Å². The van der Waals surface area contributed by atoms with E-state index in [1.54, 1.807) is 12.1 Å². The average molecular weight is 368 g/mol. The molecule has 0 spiro atoms. The van der Waals surface area contributed by atoms with Crippen LogP contribution in [0.4, 0.5) is 11.4 Å². The van der Waals surface area contributed by atoms with Crippen LogP contribution in [0.2, 0.25) is 0 Å². The molecule has 0 aromatic heterocycles. The molecule has 4 aromatic rings. The normalized spacial score (nSPS) is 10.4. The molecule has 0 saturated heterocycles. The number of hydrogen-bond donors (Lipinski definition) is 2. The van der Waals surface area contributed by atoms with Crippen LogP contribution in [0, 0.1) is 0 Å².